The van der Waals surface area contributed by atoms with E-state index in [2.05, 4.69) is 11.7 Å². The third kappa shape index (κ3) is 4.29. The van der Waals surface area contributed by atoms with Crippen molar-refractivity contribution in [1.29, 1.82) is 0 Å². The minimum absolute atomic E-state index is 0.222. The zero-order valence-electron chi connectivity index (χ0n) is 15.4. The molecule has 2 heterocycles. The average molecular weight is 353 g/mol. The van der Waals surface area contributed by atoms with Gasteiger partial charge in [0.2, 0.25) is 5.91 Å². The average Bonchev–Trinajstić information content (AvgIpc) is 3.18. The molecule has 0 spiro atoms. The van der Waals surface area contributed by atoms with Crippen molar-refractivity contribution in [2.45, 2.75) is 63.8 Å². The van der Waals surface area contributed by atoms with Crippen LogP contribution in [0.1, 0.15) is 40.0 Å². The van der Waals surface area contributed by atoms with Gasteiger partial charge in [-0.15, -0.1) is 0 Å². The van der Waals surface area contributed by atoms with Gasteiger partial charge in [-0.3, -0.25) is 14.7 Å². The van der Waals surface area contributed by atoms with Crippen LogP contribution in [-0.2, 0) is 19.1 Å². The number of ether oxygens (including phenoxy) is 2. The molecule has 2 amide bonds. The molecule has 2 fully saturated rings. The van der Waals surface area contributed by atoms with Crippen LogP contribution in [0, 0.1) is 0 Å². The Morgan fingerprint density at radius 2 is 1.84 bits per heavy atom. The molecule has 0 N–H and O–H groups in total. The monoisotopic (exact) mass is 353 g/mol. The van der Waals surface area contributed by atoms with Gasteiger partial charge < -0.3 is 14.4 Å². The highest BCUT2D eigenvalue weighted by Crippen LogP contribution is 2.28. The number of esters is 1. The number of aliphatic imine (C=N–C) groups is 1. The lowest BCUT2D eigenvalue weighted by Gasteiger charge is -2.31. The number of carbonyl (C=O) groups is 3. The van der Waals surface area contributed by atoms with Crippen LogP contribution in [0.2, 0.25) is 0 Å². The van der Waals surface area contributed by atoms with Crippen LogP contribution in [0.25, 0.3) is 0 Å². The Balaban J connectivity index is 2.18. The number of amides is 2. The van der Waals surface area contributed by atoms with Gasteiger partial charge in [-0.05, 0) is 40.3 Å². The summed E-state index contributed by atoms with van der Waals surface area (Å²) in [7, 11) is 1.31. The highest BCUT2D eigenvalue weighted by Gasteiger charge is 2.46. The van der Waals surface area contributed by atoms with Crippen molar-refractivity contribution >= 4 is 24.7 Å². The predicted molar refractivity (Wildman–Crippen MR) is 91.4 cm³/mol. The Kier molecular flexibility index (Phi) is 5.69. The van der Waals surface area contributed by atoms with Crippen LogP contribution in [0.15, 0.2) is 4.99 Å². The third-order valence-electron chi connectivity index (χ3n) is 4.46. The number of hydrogen-bond acceptors (Lipinski definition) is 6. The first-order valence-corrected chi connectivity index (χ1v) is 8.51. The van der Waals surface area contributed by atoms with Gasteiger partial charge in [0.15, 0.2) is 0 Å². The molecule has 8 nitrogen and oxygen atoms in total. The highest BCUT2D eigenvalue weighted by molar-refractivity contribution is 5.90. The van der Waals surface area contributed by atoms with E-state index in [-0.39, 0.29) is 18.5 Å². The number of methoxy groups -OCH3 is 1. The molecule has 140 valence electrons. The molecular weight excluding hydrogens is 326 g/mol. The van der Waals surface area contributed by atoms with Crippen molar-refractivity contribution in [3.63, 3.8) is 0 Å². The number of carbonyl (C=O) groups excluding carboxylic acids is 3. The molecule has 0 aromatic heterocycles. The smallest absolute Gasteiger partial charge is 0.411 e. The maximum absolute atomic E-state index is 13.0. The molecule has 0 radical (unpaired) electrons. The van der Waals surface area contributed by atoms with Gasteiger partial charge in [0.25, 0.3) is 0 Å². The lowest BCUT2D eigenvalue weighted by atomic mass is 10.1. The van der Waals surface area contributed by atoms with Gasteiger partial charge in [0.1, 0.15) is 17.7 Å². The van der Waals surface area contributed by atoms with Crippen LogP contribution in [-0.4, -0.2) is 78.4 Å². The predicted octanol–water partition coefficient (Wildman–Crippen LogP) is 1.23. The summed E-state index contributed by atoms with van der Waals surface area (Å²) in [5.41, 5.74) is -0.660. The molecule has 0 saturated carbocycles. The molecule has 3 atom stereocenters. The van der Waals surface area contributed by atoms with Crippen molar-refractivity contribution in [2.75, 3.05) is 20.2 Å². The normalized spacial score (nSPS) is 26.5. The zero-order valence-corrected chi connectivity index (χ0v) is 15.4. The summed E-state index contributed by atoms with van der Waals surface area (Å²) in [5.74, 6) is -0.684. The van der Waals surface area contributed by atoms with Crippen LogP contribution >= 0.6 is 0 Å². The second kappa shape index (κ2) is 7.41. The fourth-order valence-corrected chi connectivity index (χ4v) is 3.31. The Morgan fingerprint density at radius 3 is 2.40 bits per heavy atom. The van der Waals surface area contributed by atoms with E-state index in [0.29, 0.717) is 19.4 Å². The standard InChI is InChI=1S/C17H27N3O5/c1-17(2,3)25-16(23)20-10-11(18-4)9-13(20)14(21)19-8-6-7-12(19)15(22)24-5/h11-13H,4,6-10H2,1-3,5H3/t11-,12-,13-/m0/s1. The van der Waals surface area contributed by atoms with E-state index in [1.165, 1.54) is 16.9 Å². The van der Waals surface area contributed by atoms with Crippen molar-refractivity contribution in [3.05, 3.63) is 0 Å². The summed E-state index contributed by atoms with van der Waals surface area (Å²) in [6.07, 6.45) is 1.13. The van der Waals surface area contributed by atoms with Crippen molar-refractivity contribution in [2.24, 2.45) is 4.99 Å². The second-order valence-corrected chi connectivity index (χ2v) is 7.43. The summed E-state index contributed by atoms with van der Waals surface area (Å²) in [6, 6.07) is -1.51. The fraction of sp³-hybridized carbons (Fsp3) is 0.765. The minimum atomic E-state index is -0.699. The Hall–Kier alpha value is -2.12. The van der Waals surface area contributed by atoms with Gasteiger partial charge in [0, 0.05) is 19.5 Å². The fourth-order valence-electron chi connectivity index (χ4n) is 3.31. The Labute approximate surface area is 148 Å². The van der Waals surface area contributed by atoms with Gasteiger partial charge in [-0.2, -0.15) is 0 Å². The van der Waals surface area contributed by atoms with Crippen molar-refractivity contribution in [3.8, 4) is 0 Å². The molecule has 2 aliphatic heterocycles. The lowest BCUT2D eigenvalue weighted by Crippen LogP contribution is -2.51. The quantitative estimate of drug-likeness (QED) is 0.562. The highest BCUT2D eigenvalue weighted by atomic mass is 16.6. The number of hydrogen-bond donors (Lipinski definition) is 0. The van der Waals surface area contributed by atoms with E-state index in [1.54, 1.807) is 20.8 Å². The summed E-state index contributed by atoms with van der Waals surface area (Å²) >= 11 is 0. The molecule has 2 saturated heterocycles. The first-order valence-electron chi connectivity index (χ1n) is 8.51. The number of nitrogens with zero attached hydrogens (tertiary/aromatic N) is 3. The lowest BCUT2D eigenvalue weighted by molar-refractivity contribution is -0.152. The first-order chi connectivity index (χ1) is 11.7. The largest absolute Gasteiger partial charge is 0.467 e. The molecule has 0 aliphatic carbocycles. The summed E-state index contributed by atoms with van der Waals surface area (Å²) in [5, 5.41) is 0. The van der Waals surface area contributed by atoms with Gasteiger partial charge >= 0.3 is 12.1 Å². The van der Waals surface area contributed by atoms with Crippen molar-refractivity contribution in [1.82, 2.24) is 9.80 Å². The SMILES string of the molecule is C=N[C@H]1C[C@@H](C(=O)N2CCC[C@H]2C(=O)OC)N(C(=O)OC(C)(C)C)C1. The van der Waals surface area contributed by atoms with Crippen molar-refractivity contribution < 1.29 is 23.9 Å². The molecule has 2 aliphatic rings. The zero-order chi connectivity index (χ0) is 18.8. The van der Waals surface area contributed by atoms with Crippen LogP contribution in [0.4, 0.5) is 4.79 Å². The molecule has 0 aromatic carbocycles. The van der Waals surface area contributed by atoms with E-state index in [1.807, 2.05) is 0 Å². The van der Waals surface area contributed by atoms with Crippen LogP contribution < -0.4 is 0 Å². The first kappa shape index (κ1) is 19.2. The molecule has 0 aromatic rings. The van der Waals surface area contributed by atoms with Crippen LogP contribution in [0.3, 0.4) is 0 Å². The minimum Gasteiger partial charge on any atom is -0.467 e. The Bertz CT molecular complexity index is 557. The van der Waals surface area contributed by atoms with E-state index < -0.39 is 29.7 Å². The summed E-state index contributed by atoms with van der Waals surface area (Å²) in [4.78, 5) is 44.3. The maximum atomic E-state index is 13.0. The molecule has 2 rings (SSSR count). The summed E-state index contributed by atoms with van der Waals surface area (Å²) in [6.45, 7) is 9.61. The number of rotatable bonds is 3. The Morgan fingerprint density at radius 1 is 1.16 bits per heavy atom. The molecule has 8 heteroatoms. The molecular formula is C17H27N3O5. The van der Waals surface area contributed by atoms with Gasteiger partial charge in [-0.1, -0.05) is 0 Å². The number of likely N-dealkylation sites (tertiary alicyclic amines) is 2. The van der Waals surface area contributed by atoms with E-state index in [9.17, 15) is 14.4 Å². The topological polar surface area (TPSA) is 88.5 Å². The molecule has 0 bridgehead atoms. The second-order valence-electron chi connectivity index (χ2n) is 7.43. The molecule has 25 heavy (non-hydrogen) atoms. The molecule has 0 unspecified atom stereocenters. The van der Waals surface area contributed by atoms with Gasteiger partial charge in [-0.25, -0.2) is 9.59 Å². The van der Waals surface area contributed by atoms with Crippen LogP contribution in [0.5, 0.6) is 0 Å². The van der Waals surface area contributed by atoms with E-state index in [0.717, 1.165) is 6.42 Å². The van der Waals surface area contributed by atoms with E-state index >= 15 is 0 Å². The maximum Gasteiger partial charge on any atom is 0.411 e. The summed E-state index contributed by atoms with van der Waals surface area (Å²) < 4.78 is 10.2. The van der Waals surface area contributed by atoms with Gasteiger partial charge in [0.05, 0.1) is 13.2 Å². The third-order valence-corrected chi connectivity index (χ3v) is 4.46. The van der Waals surface area contributed by atoms with E-state index in [4.69, 9.17) is 9.47 Å².